The predicted octanol–water partition coefficient (Wildman–Crippen LogP) is 1.35. The van der Waals surface area contributed by atoms with E-state index in [2.05, 4.69) is 0 Å². The number of aromatic nitrogens is 2. The molecule has 5 nitrogen and oxygen atoms in total. The van der Waals surface area contributed by atoms with E-state index in [0.717, 1.165) is 12.5 Å². The number of amides is 1. The van der Waals surface area contributed by atoms with Gasteiger partial charge in [-0.15, -0.1) is 0 Å². The second kappa shape index (κ2) is 5.73. The van der Waals surface area contributed by atoms with E-state index < -0.39 is 11.7 Å². The molecule has 1 aromatic heterocycles. The summed E-state index contributed by atoms with van der Waals surface area (Å²) in [5, 5.41) is 0. The second-order valence-corrected chi connectivity index (χ2v) is 4.57. The molecule has 106 valence electrons. The molecule has 0 unspecified atom stereocenters. The van der Waals surface area contributed by atoms with Crippen LogP contribution in [0.4, 0.5) is 4.39 Å². The number of nitrogens with two attached hydrogens (primary N) is 1. The van der Waals surface area contributed by atoms with E-state index in [1.165, 1.54) is 16.7 Å². The molecule has 0 saturated heterocycles. The number of rotatable bonds is 5. The van der Waals surface area contributed by atoms with E-state index >= 15 is 0 Å². The number of primary amides is 1. The highest BCUT2D eigenvalue weighted by molar-refractivity contribution is 5.92. The molecule has 1 aromatic carbocycles. The van der Waals surface area contributed by atoms with Crippen LogP contribution in [0.15, 0.2) is 35.4 Å². The van der Waals surface area contributed by atoms with Crippen LogP contribution in [0, 0.1) is 5.82 Å². The van der Waals surface area contributed by atoms with Gasteiger partial charge in [0.2, 0.25) is 5.91 Å². The first-order valence-corrected chi connectivity index (χ1v) is 6.36. The normalized spacial score (nSPS) is 10.7. The van der Waals surface area contributed by atoms with Gasteiger partial charge in [-0.3, -0.25) is 13.9 Å². The second-order valence-electron chi connectivity index (χ2n) is 4.57. The fourth-order valence-electron chi connectivity index (χ4n) is 2.00. The summed E-state index contributed by atoms with van der Waals surface area (Å²) >= 11 is 0. The zero-order valence-electron chi connectivity index (χ0n) is 11.2. The Bertz CT molecular complexity index is 688. The summed E-state index contributed by atoms with van der Waals surface area (Å²) in [7, 11) is 0. The number of benzene rings is 1. The van der Waals surface area contributed by atoms with Crippen molar-refractivity contribution in [1.29, 1.82) is 0 Å². The highest BCUT2D eigenvalue weighted by Crippen LogP contribution is 2.11. The summed E-state index contributed by atoms with van der Waals surface area (Å²) < 4.78 is 16.9. The van der Waals surface area contributed by atoms with Gasteiger partial charge in [0, 0.05) is 30.1 Å². The molecule has 0 bridgehead atoms. The minimum Gasteiger partial charge on any atom is -0.366 e. The topological polar surface area (TPSA) is 70.0 Å². The van der Waals surface area contributed by atoms with Crippen molar-refractivity contribution in [2.75, 3.05) is 0 Å². The smallest absolute Gasteiger partial charge is 0.328 e. The molecule has 0 spiro atoms. The lowest BCUT2D eigenvalue weighted by Crippen LogP contribution is -2.24. The number of hydrogen-bond acceptors (Lipinski definition) is 2. The molecule has 0 saturated carbocycles. The molecule has 0 radical (unpaired) electrons. The van der Waals surface area contributed by atoms with Crippen molar-refractivity contribution < 1.29 is 9.18 Å². The first-order chi connectivity index (χ1) is 9.52. The van der Waals surface area contributed by atoms with Gasteiger partial charge >= 0.3 is 5.69 Å². The third kappa shape index (κ3) is 2.79. The average Bonchev–Trinajstić information content (AvgIpc) is 2.74. The summed E-state index contributed by atoms with van der Waals surface area (Å²) in [5.41, 5.74) is 5.36. The van der Waals surface area contributed by atoms with Gasteiger partial charge in [-0.05, 0) is 18.6 Å². The number of hydrogen-bond donors (Lipinski definition) is 1. The Kier molecular flexibility index (Phi) is 4.02. The van der Waals surface area contributed by atoms with Crippen molar-refractivity contribution in [2.24, 2.45) is 5.73 Å². The highest BCUT2D eigenvalue weighted by Gasteiger charge is 2.09. The molecule has 0 atom stereocenters. The van der Waals surface area contributed by atoms with Crippen molar-refractivity contribution in [1.82, 2.24) is 9.13 Å². The van der Waals surface area contributed by atoms with Crippen LogP contribution in [0.2, 0.25) is 0 Å². The van der Waals surface area contributed by atoms with Gasteiger partial charge in [-0.1, -0.05) is 13.0 Å². The molecule has 0 aliphatic heterocycles. The molecule has 2 N–H and O–H groups in total. The largest absolute Gasteiger partial charge is 0.366 e. The lowest BCUT2D eigenvalue weighted by atomic mass is 10.1. The fourth-order valence-corrected chi connectivity index (χ4v) is 2.00. The van der Waals surface area contributed by atoms with Crippen LogP contribution in [0.3, 0.4) is 0 Å². The Hall–Kier alpha value is -2.37. The first-order valence-electron chi connectivity index (χ1n) is 6.36. The van der Waals surface area contributed by atoms with E-state index in [4.69, 9.17) is 5.73 Å². The Labute approximate surface area is 115 Å². The van der Waals surface area contributed by atoms with Crippen LogP contribution in [0.25, 0.3) is 0 Å². The Balaban J connectivity index is 2.26. The maximum absolute atomic E-state index is 13.9. The minimum atomic E-state index is -0.679. The van der Waals surface area contributed by atoms with Gasteiger partial charge in [-0.25, -0.2) is 9.18 Å². The Morgan fingerprint density at radius 3 is 2.60 bits per heavy atom. The predicted molar refractivity (Wildman–Crippen MR) is 73.0 cm³/mol. The summed E-state index contributed by atoms with van der Waals surface area (Å²) in [6.07, 6.45) is 4.16. The van der Waals surface area contributed by atoms with Crippen molar-refractivity contribution in [3.8, 4) is 0 Å². The molecule has 0 aliphatic rings. The molecule has 0 fully saturated rings. The monoisotopic (exact) mass is 277 g/mol. The van der Waals surface area contributed by atoms with Gasteiger partial charge in [-0.2, -0.15) is 0 Å². The quantitative estimate of drug-likeness (QED) is 0.896. The van der Waals surface area contributed by atoms with E-state index in [1.807, 2.05) is 6.92 Å². The number of carbonyl (C=O) groups excluding carboxylic acids is 1. The number of halogens is 1. The van der Waals surface area contributed by atoms with Crippen LogP contribution in [0.1, 0.15) is 29.3 Å². The molecule has 6 heteroatoms. The van der Waals surface area contributed by atoms with Crippen molar-refractivity contribution >= 4 is 5.91 Å². The molecule has 2 rings (SSSR count). The third-order valence-corrected chi connectivity index (χ3v) is 3.06. The van der Waals surface area contributed by atoms with Crippen LogP contribution in [-0.2, 0) is 13.1 Å². The zero-order chi connectivity index (χ0) is 14.7. The maximum atomic E-state index is 13.9. The lowest BCUT2D eigenvalue weighted by Gasteiger charge is -2.05. The van der Waals surface area contributed by atoms with Gasteiger partial charge in [0.05, 0.1) is 6.54 Å². The molecular weight excluding hydrogens is 261 g/mol. The van der Waals surface area contributed by atoms with Crippen LogP contribution in [0.5, 0.6) is 0 Å². The van der Waals surface area contributed by atoms with Gasteiger partial charge in [0.25, 0.3) is 0 Å². The summed E-state index contributed by atoms with van der Waals surface area (Å²) in [4.78, 5) is 22.9. The summed E-state index contributed by atoms with van der Waals surface area (Å²) in [6.45, 7) is 2.74. The van der Waals surface area contributed by atoms with E-state index in [1.54, 1.807) is 17.0 Å². The van der Waals surface area contributed by atoms with Crippen LogP contribution < -0.4 is 11.4 Å². The van der Waals surface area contributed by atoms with E-state index in [-0.39, 0.29) is 17.8 Å². The standard InChI is InChI=1S/C14H16FN3O2/c1-2-5-17-6-7-18(14(17)20)9-11-4-3-10(13(16)19)8-12(11)15/h3-4,6-8H,2,5,9H2,1H3,(H2,16,19). The molecule has 20 heavy (non-hydrogen) atoms. The van der Waals surface area contributed by atoms with Crippen LogP contribution in [-0.4, -0.2) is 15.0 Å². The third-order valence-electron chi connectivity index (χ3n) is 3.06. The molecular formula is C14H16FN3O2. The average molecular weight is 277 g/mol. The summed E-state index contributed by atoms with van der Waals surface area (Å²) in [5.74, 6) is -1.22. The van der Waals surface area contributed by atoms with Gasteiger partial charge in [0.15, 0.2) is 0 Å². The molecule has 1 amide bonds. The number of nitrogens with zero attached hydrogens (tertiary/aromatic N) is 2. The first kappa shape index (κ1) is 14.0. The fraction of sp³-hybridized carbons (Fsp3) is 0.286. The molecule has 1 heterocycles. The number of aryl methyl sites for hydroxylation is 1. The molecule has 0 aliphatic carbocycles. The number of carbonyl (C=O) groups is 1. The van der Waals surface area contributed by atoms with Gasteiger partial charge in [0.1, 0.15) is 5.82 Å². The Morgan fingerprint density at radius 1 is 1.30 bits per heavy atom. The summed E-state index contributed by atoms with van der Waals surface area (Å²) in [6, 6.07) is 4.01. The highest BCUT2D eigenvalue weighted by atomic mass is 19.1. The van der Waals surface area contributed by atoms with Crippen molar-refractivity contribution in [2.45, 2.75) is 26.4 Å². The SMILES string of the molecule is CCCn1ccn(Cc2ccc(C(N)=O)cc2F)c1=O. The van der Waals surface area contributed by atoms with E-state index in [9.17, 15) is 14.0 Å². The number of imidazole rings is 1. The minimum absolute atomic E-state index is 0.113. The molecule has 2 aromatic rings. The maximum Gasteiger partial charge on any atom is 0.328 e. The van der Waals surface area contributed by atoms with Gasteiger partial charge < -0.3 is 5.73 Å². The van der Waals surface area contributed by atoms with E-state index in [0.29, 0.717) is 12.1 Å². The zero-order valence-corrected chi connectivity index (χ0v) is 11.2. The van der Waals surface area contributed by atoms with Crippen LogP contribution >= 0.6 is 0 Å². The van der Waals surface area contributed by atoms with Crippen molar-refractivity contribution in [3.63, 3.8) is 0 Å². The lowest BCUT2D eigenvalue weighted by molar-refractivity contribution is 0.1000. The Morgan fingerprint density at radius 2 is 2.00 bits per heavy atom. The van der Waals surface area contributed by atoms with Crippen molar-refractivity contribution in [3.05, 3.63) is 58.0 Å².